The molecule has 0 bridgehead atoms. The number of hydrogen-bond acceptors (Lipinski definition) is 7. The first kappa shape index (κ1) is 83.7. The maximum atomic E-state index is 13.0. The lowest BCUT2D eigenvalue weighted by Crippen LogP contribution is -2.40. The van der Waals surface area contributed by atoms with E-state index in [9.17, 15) is 19.5 Å². The highest BCUT2D eigenvalue weighted by atomic mass is 16.7. The normalized spacial score (nSPS) is 13.8. The maximum Gasteiger partial charge on any atom is 0.361 e. The quantitative estimate of drug-likeness (QED) is 0.0211. The van der Waals surface area contributed by atoms with E-state index < -0.39 is 24.3 Å². The predicted octanol–water partition coefficient (Wildman–Crippen LogP) is 22.2. The van der Waals surface area contributed by atoms with Crippen LogP contribution < -0.4 is 0 Å². The van der Waals surface area contributed by atoms with Crippen molar-refractivity contribution < 1.29 is 42.9 Å². The second-order valence-corrected chi connectivity index (χ2v) is 24.1. The molecule has 0 aromatic carbocycles. The van der Waals surface area contributed by atoms with Crippen LogP contribution in [0.5, 0.6) is 0 Å². The Bertz CT molecular complexity index is 2070. The summed E-state index contributed by atoms with van der Waals surface area (Å²) in [6.07, 6.45) is 100. The molecule has 0 aliphatic carbocycles. The summed E-state index contributed by atoms with van der Waals surface area (Å²) in [5.74, 6) is -2.03. The second-order valence-electron chi connectivity index (χ2n) is 24.1. The average Bonchev–Trinajstić information content (AvgIpc) is 3.64. The van der Waals surface area contributed by atoms with Crippen LogP contribution in [-0.2, 0) is 33.3 Å². The molecule has 0 fully saturated rings. The number of carbonyl (C=O) groups is 3. The van der Waals surface area contributed by atoms with E-state index >= 15 is 0 Å². The van der Waals surface area contributed by atoms with Crippen molar-refractivity contribution in [2.75, 3.05) is 47.5 Å². The monoisotopic (exact) mass is 1230 g/mol. The number of aliphatic carboxylic acids is 1. The summed E-state index contributed by atoms with van der Waals surface area (Å²) in [5.41, 5.74) is 0. The zero-order chi connectivity index (χ0) is 64.7. The van der Waals surface area contributed by atoms with Crippen molar-refractivity contribution >= 4 is 17.9 Å². The molecule has 0 heterocycles. The smallest absolute Gasteiger partial charge is 0.361 e. The van der Waals surface area contributed by atoms with Gasteiger partial charge in [-0.1, -0.05) is 287 Å². The SMILES string of the molecule is CC/C=C\C/C=C\C/C=C\C/C=C\C/C=C\C/C=C\C/C=C\CCCCCCCCCCCCCC(=O)OC(COC(=O)CCCCCCCCCCC/C=C\C/C=C\C/C=C\C/C=C\C/C=C\C/C=C\C/C=C\CC)COC(OCC[N+](C)(C)C)C(=O)O. The van der Waals surface area contributed by atoms with Crippen LogP contribution >= 0.6 is 0 Å². The van der Waals surface area contributed by atoms with Crippen molar-refractivity contribution in [2.45, 2.75) is 270 Å². The van der Waals surface area contributed by atoms with Crippen molar-refractivity contribution in [3.05, 3.63) is 170 Å². The summed E-state index contributed by atoms with van der Waals surface area (Å²) in [6, 6.07) is 0. The molecule has 2 unspecified atom stereocenters. The molecule has 1 N–H and O–H groups in total. The molecule has 0 aromatic rings. The summed E-state index contributed by atoms with van der Waals surface area (Å²) >= 11 is 0. The number of nitrogens with zero attached hydrogens (tertiary/aromatic N) is 1. The van der Waals surface area contributed by atoms with Gasteiger partial charge < -0.3 is 28.5 Å². The number of carbonyl (C=O) groups excluding carboxylic acids is 2. The van der Waals surface area contributed by atoms with E-state index in [1.54, 1.807) is 0 Å². The summed E-state index contributed by atoms with van der Waals surface area (Å²) in [5, 5.41) is 9.75. The summed E-state index contributed by atoms with van der Waals surface area (Å²) in [7, 11) is 5.96. The molecule has 89 heavy (non-hydrogen) atoms. The minimum Gasteiger partial charge on any atom is -0.477 e. The van der Waals surface area contributed by atoms with E-state index in [0.29, 0.717) is 17.4 Å². The molecular formula is C80H130NO8+. The number of allylic oxidation sites excluding steroid dienone is 28. The van der Waals surface area contributed by atoms with E-state index in [4.69, 9.17) is 18.9 Å². The molecule has 502 valence electrons. The van der Waals surface area contributed by atoms with E-state index in [0.717, 1.165) is 148 Å². The Labute approximate surface area is 546 Å². The van der Waals surface area contributed by atoms with Crippen LogP contribution in [0.2, 0.25) is 0 Å². The first-order chi connectivity index (χ1) is 43.6. The van der Waals surface area contributed by atoms with Crippen molar-refractivity contribution in [3.8, 4) is 0 Å². The van der Waals surface area contributed by atoms with Crippen LogP contribution in [0.3, 0.4) is 0 Å². The standard InChI is InChI=1S/C80H129NO8/c1-6-8-10-12-14-16-18-20-22-24-26-28-30-32-34-36-38-39-41-43-45-47-49-51-53-55-57-59-61-63-65-67-69-71-78(83)89-76(75-88-80(79(84)85)86-73-72-81(3,4)5)74-87-77(82)70-68-66-64-62-60-58-56-54-52-50-48-46-44-42-40-37-35-33-31-29-27-25-23-21-19-17-15-13-11-9-7-2/h8-11,14-17,20-23,26-29,32-35,38-40,42-43,45-46,48,76,80H,6-7,12-13,18-19,24-25,30-31,36-37,41,44,47,49-75H2,1-5H3/p+1/b10-8-,11-9-,16-14-,17-15-,22-20-,23-21-,28-26-,29-27-,34-32-,35-33-,39-38-,42-40-,45-43-,48-46-. The number of esters is 2. The minimum absolute atomic E-state index is 0.177. The van der Waals surface area contributed by atoms with Crippen LogP contribution in [0, 0.1) is 0 Å². The van der Waals surface area contributed by atoms with Crippen LogP contribution in [0.1, 0.15) is 258 Å². The molecule has 0 saturated heterocycles. The first-order valence-electron chi connectivity index (χ1n) is 35.3. The van der Waals surface area contributed by atoms with Crippen molar-refractivity contribution in [1.29, 1.82) is 0 Å². The molecule has 9 heteroatoms. The first-order valence-corrected chi connectivity index (χ1v) is 35.3. The lowest BCUT2D eigenvalue weighted by Gasteiger charge is -2.25. The number of unbranched alkanes of at least 4 members (excludes halogenated alkanes) is 20. The van der Waals surface area contributed by atoms with E-state index in [2.05, 4.69) is 184 Å². The van der Waals surface area contributed by atoms with Gasteiger partial charge in [-0.15, -0.1) is 0 Å². The van der Waals surface area contributed by atoms with Crippen LogP contribution in [-0.4, -0.2) is 87.4 Å². The third kappa shape index (κ3) is 70.0. The van der Waals surface area contributed by atoms with E-state index in [1.807, 2.05) is 21.1 Å². The van der Waals surface area contributed by atoms with Gasteiger partial charge in [0.25, 0.3) is 6.29 Å². The molecule has 2 atom stereocenters. The minimum atomic E-state index is -1.52. The third-order valence-corrected chi connectivity index (χ3v) is 14.5. The molecular weight excluding hydrogens is 1100 g/mol. The topological polar surface area (TPSA) is 108 Å². The Morgan fingerprint density at radius 2 is 0.607 bits per heavy atom. The predicted molar refractivity (Wildman–Crippen MR) is 382 cm³/mol. The zero-order valence-electron chi connectivity index (χ0n) is 57.3. The van der Waals surface area contributed by atoms with Crippen LogP contribution in [0.25, 0.3) is 0 Å². The molecule has 0 aliphatic rings. The zero-order valence-corrected chi connectivity index (χ0v) is 57.3. The van der Waals surface area contributed by atoms with Crippen LogP contribution in [0.15, 0.2) is 170 Å². The molecule has 0 rings (SSSR count). The Morgan fingerprint density at radius 3 is 0.899 bits per heavy atom. The third-order valence-electron chi connectivity index (χ3n) is 14.5. The Hall–Kier alpha value is -5.35. The van der Waals surface area contributed by atoms with Crippen molar-refractivity contribution in [1.82, 2.24) is 0 Å². The van der Waals surface area contributed by atoms with Gasteiger partial charge in [0.2, 0.25) is 0 Å². The van der Waals surface area contributed by atoms with Gasteiger partial charge >= 0.3 is 17.9 Å². The molecule has 0 spiro atoms. The fraction of sp³-hybridized carbons (Fsp3) is 0.613. The molecule has 0 saturated carbocycles. The highest BCUT2D eigenvalue weighted by molar-refractivity contribution is 5.71. The summed E-state index contributed by atoms with van der Waals surface area (Å²) in [4.78, 5) is 37.7. The number of carboxylic acids is 1. The summed E-state index contributed by atoms with van der Waals surface area (Å²) in [6.45, 7) is 4.63. The molecule has 0 radical (unpaired) electrons. The Balaban J connectivity index is 4.20. The second kappa shape index (κ2) is 68.6. The van der Waals surface area contributed by atoms with E-state index in [1.165, 1.54) is 77.0 Å². The van der Waals surface area contributed by atoms with Gasteiger partial charge in [-0.05, 0) is 128 Å². The van der Waals surface area contributed by atoms with Crippen molar-refractivity contribution in [2.24, 2.45) is 0 Å². The Morgan fingerprint density at radius 1 is 0.337 bits per heavy atom. The fourth-order valence-corrected chi connectivity index (χ4v) is 9.15. The lowest BCUT2D eigenvalue weighted by molar-refractivity contribution is -0.870. The number of ether oxygens (including phenoxy) is 4. The average molecular weight is 1230 g/mol. The highest BCUT2D eigenvalue weighted by Crippen LogP contribution is 2.16. The van der Waals surface area contributed by atoms with Gasteiger partial charge in [0.1, 0.15) is 13.2 Å². The summed E-state index contributed by atoms with van der Waals surface area (Å²) < 4.78 is 23.0. The highest BCUT2D eigenvalue weighted by Gasteiger charge is 2.25. The number of likely N-dealkylation sites (N-methyl/N-ethyl adjacent to an activating group) is 1. The molecule has 9 nitrogen and oxygen atoms in total. The maximum absolute atomic E-state index is 13.0. The van der Waals surface area contributed by atoms with Gasteiger partial charge in [-0.2, -0.15) is 0 Å². The van der Waals surface area contributed by atoms with Gasteiger partial charge in [-0.3, -0.25) is 9.59 Å². The molecule has 0 aliphatic heterocycles. The molecule has 0 amide bonds. The van der Waals surface area contributed by atoms with Crippen LogP contribution in [0.4, 0.5) is 0 Å². The van der Waals surface area contributed by atoms with Gasteiger partial charge in [0, 0.05) is 12.8 Å². The largest absolute Gasteiger partial charge is 0.477 e. The number of rotatable bonds is 63. The lowest BCUT2D eigenvalue weighted by atomic mass is 10.0. The van der Waals surface area contributed by atoms with Crippen molar-refractivity contribution in [3.63, 3.8) is 0 Å². The fourth-order valence-electron chi connectivity index (χ4n) is 9.15. The molecule has 0 aromatic heterocycles. The van der Waals surface area contributed by atoms with Gasteiger partial charge in [-0.25, -0.2) is 4.79 Å². The Kier molecular flexibility index (Phi) is 64.4. The number of carboxylic acid groups (broad SMARTS) is 1. The number of hydrogen-bond donors (Lipinski definition) is 1. The van der Waals surface area contributed by atoms with Gasteiger partial charge in [0.05, 0.1) is 34.4 Å². The van der Waals surface area contributed by atoms with Gasteiger partial charge in [0.15, 0.2) is 6.10 Å². The number of quaternary nitrogens is 1. The van der Waals surface area contributed by atoms with E-state index in [-0.39, 0.29) is 38.6 Å².